The molecule has 1 aliphatic rings. The Bertz CT molecular complexity index is 609. The van der Waals surface area contributed by atoms with Gasteiger partial charge in [-0.25, -0.2) is 18.4 Å². The highest BCUT2D eigenvalue weighted by molar-refractivity contribution is 5.94. The van der Waals surface area contributed by atoms with Crippen LogP contribution in [0, 0.1) is 17.6 Å². The molecule has 8 heteroatoms. The van der Waals surface area contributed by atoms with Crippen molar-refractivity contribution in [1.29, 1.82) is 0 Å². The molecule has 0 aliphatic carbocycles. The number of nitrogens with one attached hydrogen (secondary N) is 1. The summed E-state index contributed by atoms with van der Waals surface area (Å²) in [6.07, 6.45) is 1.55. The molecule has 1 saturated heterocycles. The molecule has 0 saturated carbocycles. The Hall–Kier alpha value is -2.22. The number of amides is 2. The normalized spacial score (nSPS) is 17.7. The minimum atomic E-state index is -1.06. The number of hydrogen-bond donors (Lipinski definition) is 2. The molecule has 1 aromatic rings. The van der Waals surface area contributed by atoms with E-state index in [0.29, 0.717) is 19.2 Å². The second-order valence-electron chi connectivity index (χ2n) is 5.37. The fourth-order valence-corrected chi connectivity index (χ4v) is 2.50. The van der Waals surface area contributed by atoms with E-state index in [1.54, 1.807) is 0 Å². The molecule has 1 aromatic carbocycles. The predicted octanol–water partition coefficient (Wildman–Crippen LogP) is 1.99. The number of ether oxygens (including phenoxy) is 1. The molecule has 2 rings (SSSR count). The predicted molar refractivity (Wildman–Crippen MR) is 78.1 cm³/mol. The number of benzene rings is 1. The molecular weight excluding hydrogens is 310 g/mol. The molecule has 126 valence electrons. The summed E-state index contributed by atoms with van der Waals surface area (Å²) in [4.78, 5) is 25.1. The quantitative estimate of drug-likeness (QED) is 0.832. The first-order valence-corrected chi connectivity index (χ1v) is 7.20. The van der Waals surface area contributed by atoms with E-state index in [4.69, 9.17) is 5.11 Å². The van der Waals surface area contributed by atoms with Gasteiger partial charge in [-0.05, 0) is 24.8 Å². The SMILES string of the molecule is COC(=O)c1cc(NC(=O)N2CCCC(CO)C2)c(F)cc1F. The second-order valence-corrected chi connectivity index (χ2v) is 5.37. The van der Waals surface area contributed by atoms with Crippen LogP contribution in [0.2, 0.25) is 0 Å². The van der Waals surface area contributed by atoms with Gasteiger partial charge >= 0.3 is 12.0 Å². The number of carbonyl (C=O) groups excluding carboxylic acids is 2. The molecule has 1 aliphatic heterocycles. The van der Waals surface area contributed by atoms with E-state index >= 15 is 0 Å². The Labute approximate surface area is 132 Å². The molecule has 1 fully saturated rings. The number of halogens is 2. The van der Waals surface area contributed by atoms with Crippen LogP contribution in [0.15, 0.2) is 12.1 Å². The number of likely N-dealkylation sites (tertiary alicyclic amines) is 1. The molecule has 0 radical (unpaired) electrons. The van der Waals surface area contributed by atoms with Gasteiger partial charge in [0, 0.05) is 25.8 Å². The number of hydrogen-bond acceptors (Lipinski definition) is 4. The van der Waals surface area contributed by atoms with E-state index in [1.807, 2.05) is 0 Å². The van der Waals surface area contributed by atoms with Crippen LogP contribution in [0.25, 0.3) is 0 Å². The van der Waals surface area contributed by atoms with Gasteiger partial charge in [-0.2, -0.15) is 0 Å². The van der Waals surface area contributed by atoms with Crippen LogP contribution in [-0.2, 0) is 4.74 Å². The zero-order valence-corrected chi connectivity index (χ0v) is 12.6. The maximum absolute atomic E-state index is 13.8. The highest BCUT2D eigenvalue weighted by Crippen LogP contribution is 2.22. The first-order valence-electron chi connectivity index (χ1n) is 7.20. The van der Waals surface area contributed by atoms with Gasteiger partial charge in [0.2, 0.25) is 0 Å². The van der Waals surface area contributed by atoms with Crippen LogP contribution < -0.4 is 5.32 Å². The van der Waals surface area contributed by atoms with Crippen molar-refractivity contribution in [3.05, 3.63) is 29.3 Å². The zero-order valence-electron chi connectivity index (χ0n) is 12.6. The lowest BCUT2D eigenvalue weighted by Crippen LogP contribution is -2.43. The van der Waals surface area contributed by atoms with E-state index in [1.165, 1.54) is 4.90 Å². The number of anilines is 1. The van der Waals surface area contributed by atoms with Gasteiger partial charge in [0.15, 0.2) is 0 Å². The molecule has 1 atom stereocenters. The Morgan fingerprint density at radius 3 is 2.78 bits per heavy atom. The minimum Gasteiger partial charge on any atom is -0.465 e. The van der Waals surface area contributed by atoms with E-state index in [2.05, 4.69) is 10.1 Å². The highest BCUT2D eigenvalue weighted by atomic mass is 19.1. The van der Waals surface area contributed by atoms with Crippen molar-refractivity contribution < 1.29 is 28.2 Å². The Morgan fingerprint density at radius 1 is 1.39 bits per heavy atom. The van der Waals surface area contributed by atoms with Crippen molar-refractivity contribution in [3.8, 4) is 0 Å². The number of carbonyl (C=O) groups is 2. The summed E-state index contributed by atoms with van der Waals surface area (Å²) in [6, 6.07) is 0.862. The number of urea groups is 1. The van der Waals surface area contributed by atoms with Crippen molar-refractivity contribution in [1.82, 2.24) is 4.90 Å². The number of nitrogens with zero attached hydrogens (tertiary/aromatic N) is 1. The monoisotopic (exact) mass is 328 g/mol. The van der Waals surface area contributed by atoms with Crippen LogP contribution in [0.5, 0.6) is 0 Å². The number of esters is 1. The fraction of sp³-hybridized carbons (Fsp3) is 0.467. The van der Waals surface area contributed by atoms with Crippen molar-refractivity contribution >= 4 is 17.7 Å². The van der Waals surface area contributed by atoms with E-state index in [9.17, 15) is 18.4 Å². The standard InChI is InChI=1S/C15H18F2N2O4/c1-23-14(21)10-5-13(12(17)6-11(10)16)18-15(22)19-4-2-3-9(7-19)8-20/h5-6,9,20H,2-4,7-8H2,1H3,(H,18,22). The van der Waals surface area contributed by atoms with Gasteiger partial charge in [-0.1, -0.05) is 0 Å². The Morgan fingerprint density at radius 2 is 2.13 bits per heavy atom. The van der Waals surface area contributed by atoms with Crippen LogP contribution in [-0.4, -0.2) is 48.8 Å². The van der Waals surface area contributed by atoms with Gasteiger partial charge < -0.3 is 20.1 Å². The first-order chi connectivity index (χ1) is 11.0. The van der Waals surface area contributed by atoms with E-state index in [0.717, 1.165) is 26.0 Å². The summed E-state index contributed by atoms with van der Waals surface area (Å²) < 4.78 is 31.8. The lowest BCUT2D eigenvalue weighted by Gasteiger charge is -2.31. The molecule has 1 unspecified atom stereocenters. The average molecular weight is 328 g/mol. The van der Waals surface area contributed by atoms with Gasteiger partial charge in [0.05, 0.1) is 18.4 Å². The largest absolute Gasteiger partial charge is 0.465 e. The number of rotatable bonds is 3. The van der Waals surface area contributed by atoms with Gasteiger partial charge in [0.1, 0.15) is 11.6 Å². The highest BCUT2D eigenvalue weighted by Gasteiger charge is 2.24. The Balaban J connectivity index is 2.15. The third kappa shape index (κ3) is 3.95. The molecule has 1 heterocycles. The maximum atomic E-state index is 13.8. The van der Waals surface area contributed by atoms with Gasteiger partial charge in [-0.15, -0.1) is 0 Å². The van der Waals surface area contributed by atoms with Crippen LogP contribution in [0.3, 0.4) is 0 Å². The average Bonchev–Trinajstić information content (AvgIpc) is 2.56. The molecular formula is C15H18F2N2O4. The summed E-state index contributed by atoms with van der Waals surface area (Å²) in [6.45, 7) is 0.811. The minimum absolute atomic E-state index is 0.0156. The summed E-state index contributed by atoms with van der Waals surface area (Å²) in [5.41, 5.74) is -0.765. The molecule has 0 aromatic heterocycles. The maximum Gasteiger partial charge on any atom is 0.340 e. The fourth-order valence-electron chi connectivity index (χ4n) is 2.50. The molecule has 6 nitrogen and oxygen atoms in total. The molecule has 0 spiro atoms. The molecule has 2 N–H and O–H groups in total. The summed E-state index contributed by atoms with van der Waals surface area (Å²) in [5.74, 6) is -3.03. The van der Waals surface area contributed by atoms with Crippen LogP contribution >= 0.6 is 0 Å². The summed E-state index contributed by atoms with van der Waals surface area (Å²) in [5, 5.41) is 11.5. The molecule has 0 bridgehead atoms. The van der Waals surface area contributed by atoms with Gasteiger partial charge in [0.25, 0.3) is 0 Å². The summed E-state index contributed by atoms with van der Waals surface area (Å²) >= 11 is 0. The topological polar surface area (TPSA) is 78.9 Å². The third-order valence-corrected chi connectivity index (χ3v) is 3.77. The summed E-state index contributed by atoms with van der Waals surface area (Å²) in [7, 11) is 1.08. The van der Waals surface area contributed by atoms with Crippen molar-refractivity contribution in [2.45, 2.75) is 12.8 Å². The number of piperidine rings is 1. The number of aliphatic hydroxyl groups excluding tert-OH is 1. The van der Waals surface area contributed by atoms with Crippen molar-refractivity contribution in [2.75, 3.05) is 32.1 Å². The van der Waals surface area contributed by atoms with E-state index < -0.39 is 29.2 Å². The zero-order chi connectivity index (χ0) is 17.0. The Kier molecular flexibility index (Phi) is 5.49. The number of methoxy groups -OCH3 is 1. The lowest BCUT2D eigenvalue weighted by molar-refractivity contribution is 0.0595. The lowest BCUT2D eigenvalue weighted by atomic mass is 9.99. The van der Waals surface area contributed by atoms with Crippen molar-refractivity contribution in [3.63, 3.8) is 0 Å². The molecule has 2 amide bonds. The molecule has 23 heavy (non-hydrogen) atoms. The van der Waals surface area contributed by atoms with Crippen LogP contribution in [0.4, 0.5) is 19.3 Å². The van der Waals surface area contributed by atoms with Crippen LogP contribution in [0.1, 0.15) is 23.2 Å². The van der Waals surface area contributed by atoms with Crippen molar-refractivity contribution in [2.24, 2.45) is 5.92 Å². The smallest absolute Gasteiger partial charge is 0.340 e. The third-order valence-electron chi connectivity index (χ3n) is 3.77. The van der Waals surface area contributed by atoms with Gasteiger partial charge in [-0.3, -0.25) is 0 Å². The first kappa shape index (κ1) is 17.1. The number of aliphatic hydroxyl groups is 1. The second kappa shape index (κ2) is 7.36. The van der Waals surface area contributed by atoms with E-state index in [-0.39, 0.29) is 18.2 Å².